The molecule has 4 nitrogen and oxygen atoms in total. The number of pyridine rings is 1. The van der Waals surface area contributed by atoms with Crippen molar-refractivity contribution >= 4 is 23.4 Å². The first kappa shape index (κ1) is 17.6. The van der Waals surface area contributed by atoms with E-state index in [4.69, 9.17) is 25.7 Å². The molecule has 2 aromatic heterocycles. The topological polar surface area (TPSA) is 47.6 Å². The molecule has 5 heteroatoms. The maximum atomic E-state index is 6.23. The van der Waals surface area contributed by atoms with E-state index in [1.807, 2.05) is 48.7 Å². The molecular formula is C22H19ClN2O2. The number of hydrogen-bond donors (Lipinski definition) is 0. The number of ether oxygens (including phenoxy) is 1. The average molecular weight is 379 g/mol. The molecule has 0 saturated carbocycles. The Morgan fingerprint density at radius 1 is 1.15 bits per heavy atom. The minimum atomic E-state index is 0.560. The van der Waals surface area contributed by atoms with Gasteiger partial charge in [0.2, 0.25) is 0 Å². The van der Waals surface area contributed by atoms with Crippen molar-refractivity contribution in [2.45, 2.75) is 12.8 Å². The summed E-state index contributed by atoms with van der Waals surface area (Å²) < 4.78 is 11.2. The van der Waals surface area contributed by atoms with Crippen molar-refractivity contribution in [1.82, 2.24) is 4.98 Å². The number of methoxy groups -OCH3 is 1. The lowest BCUT2D eigenvalue weighted by atomic mass is 9.96. The molecule has 0 radical (unpaired) electrons. The van der Waals surface area contributed by atoms with Crippen LogP contribution in [0.25, 0.3) is 17.4 Å². The fourth-order valence-corrected chi connectivity index (χ4v) is 3.43. The number of allylic oxidation sites excluding steroid dienone is 1. The molecule has 0 N–H and O–H groups in total. The molecule has 0 amide bonds. The molecule has 1 aliphatic heterocycles. The average Bonchev–Trinajstić information content (AvgIpc) is 3.17. The van der Waals surface area contributed by atoms with Crippen LogP contribution in [0.1, 0.15) is 24.2 Å². The number of aliphatic imine (C=N–C) groups is 1. The number of nitrogens with zero attached hydrogens (tertiary/aromatic N) is 2. The normalized spacial score (nSPS) is 15.6. The van der Waals surface area contributed by atoms with Crippen molar-refractivity contribution in [2.75, 3.05) is 13.7 Å². The largest absolute Gasteiger partial charge is 0.495 e. The van der Waals surface area contributed by atoms with Gasteiger partial charge in [0.1, 0.15) is 17.3 Å². The van der Waals surface area contributed by atoms with Crippen LogP contribution in [0.15, 0.2) is 69.8 Å². The highest BCUT2D eigenvalue weighted by molar-refractivity contribution is 6.32. The lowest BCUT2D eigenvalue weighted by Crippen LogP contribution is -2.11. The van der Waals surface area contributed by atoms with Gasteiger partial charge in [0.15, 0.2) is 0 Å². The quantitative estimate of drug-likeness (QED) is 0.587. The van der Waals surface area contributed by atoms with Gasteiger partial charge in [-0.1, -0.05) is 11.6 Å². The monoisotopic (exact) mass is 378 g/mol. The zero-order chi connectivity index (χ0) is 18.6. The van der Waals surface area contributed by atoms with Gasteiger partial charge < -0.3 is 9.15 Å². The summed E-state index contributed by atoms with van der Waals surface area (Å²) in [5.41, 5.74) is 4.12. The van der Waals surface area contributed by atoms with Crippen LogP contribution >= 0.6 is 11.6 Å². The highest BCUT2D eigenvalue weighted by Gasteiger charge is 2.15. The second-order valence-corrected chi connectivity index (χ2v) is 6.70. The summed E-state index contributed by atoms with van der Waals surface area (Å²) >= 11 is 6.23. The summed E-state index contributed by atoms with van der Waals surface area (Å²) in [6.07, 6.45) is 7.70. The maximum Gasteiger partial charge on any atom is 0.137 e. The number of benzene rings is 1. The first-order chi connectivity index (χ1) is 13.2. The molecule has 3 heterocycles. The van der Waals surface area contributed by atoms with Crippen LogP contribution in [0.3, 0.4) is 0 Å². The molecule has 3 aromatic rings. The third-order valence-corrected chi connectivity index (χ3v) is 4.79. The molecule has 0 bridgehead atoms. The standard InChI is InChI=1S/C22H19ClN2O2/c1-26-21-8-6-15(13-19(21)23)20-9-7-18(27-20)12-16-4-3-11-25-22(16)17-5-2-10-24-14-17/h2,5-10,12-14H,3-4,11H2,1H3. The molecule has 0 unspecified atom stereocenters. The van der Waals surface area contributed by atoms with Crippen LogP contribution in [0.2, 0.25) is 5.02 Å². The summed E-state index contributed by atoms with van der Waals surface area (Å²) in [4.78, 5) is 8.92. The Bertz CT molecular complexity index is 1010. The molecule has 0 aliphatic carbocycles. The van der Waals surface area contributed by atoms with Gasteiger partial charge >= 0.3 is 0 Å². The fraction of sp³-hybridized carbons (Fsp3) is 0.182. The molecule has 0 fully saturated rings. The summed E-state index contributed by atoms with van der Waals surface area (Å²) in [7, 11) is 1.60. The van der Waals surface area contributed by atoms with E-state index in [1.54, 1.807) is 13.3 Å². The van der Waals surface area contributed by atoms with Crippen molar-refractivity contribution in [3.63, 3.8) is 0 Å². The van der Waals surface area contributed by atoms with Gasteiger partial charge in [-0.2, -0.15) is 0 Å². The van der Waals surface area contributed by atoms with Gasteiger partial charge in [-0.3, -0.25) is 9.98 Å². The molecule has 0 spiro atoms. The second kappa shape index (κ2) is 7.80. The van der Waals surface area contributed by atoms with Crippen LogP contribution < -0.4 is 4.74 Å². The predicted octanol–water partition coefficient (Wildman–Crippen LogP) is 5.67. The van der Waals surface area contributed by atoms with Crippen molar-refractivity contribution in [3.05, 3.63) is 76.8 Å². The summed E-state index contributed by atoms with van der Waals surface area (Å²) in [6.45, 7) is 0.843. The Morgan fingerprint density at radius 2 is 2.07 bits per heavy atom. The zero-order valence-corrected chi connectivity index (χ0v) is 15.7. The van der Waals surface area contributed by atoms with Gasteiger partial charge in [0.25, 0.3) is 0 Å². The van der Waals surface area contributed by atoms with E-state index >= 15 is 0 Å². The van der Waals surface area contributed by atoms with Gasteiger partial charge in [0, 0.05) is 30.1 Å². The van der Waals surface area contributed by atoms with Crippen LogP contribution in [-0.4, -0.2) is 24.4 Å². The number of aromatic nitrogens is 1. The van der Waals surface area contributed by atoms with Crippen LogP contribution in [0.4, 0.5) is 0 Å². The molecule has 27 heavy (non-hydrogen) atoms. The third kappa shape index (κ3) is 3.81. The van der Waals surface area contributed by atoms with Crippen molar-refractivity contribution in [2.24, 2.45) is 4.99 Å². The first-order valence-electron chi connectivity index (χ1n) is 8.84. The highest BCUT2D eigenvalue weighted by atomic mass is 35.5. The maximum absolute atomic E-state index is 6.23. The number of rotatable bonds is 4. The van der Waals surface area contributed by atoms with Crippen molar-refractivity contribution < 1.29 is 9.15 Å². The van der Waals surface area contributed by atoms with Crippen LogP contribution in [-0.2, 0) is 0 Å². The third-order valence-electron chi connectivity index (χ3n) is 4.49. The second-order valence-electron chi connectivity index (χ2n) is 6.30. The highest BCUT2D eigenvalue weighted by Crippen LogP contribution is 2.32. The Morgan fingerprint density at radius 3 is 2.85 bits per heavy atom. The molecule has 0 atom stereocenters. The molecule has 4 rings (SSSR count). The van der Waals surface area contributed by atoms with Gasteiger partial charge in [-0.25, -0.2) is 0 Å². The molecule has 1 aliphatic rings. The minimum Gasteiger partial charge on any atom is -0.495 e. The van der Waals surface area contributed by atoms with E-state index in [0.717, 1.165) is 47.7 Å². The molecular weight excluding hydrogens is 360 g/mol. The van der Waals surface area contributed by atoms with E-state index in [0.29, 0.717) is 10.8 Å². The molecule has 0 saturated heterocycles. The van der Waals surface area contributed by atoms with Gasteiger partial charge in [-0.05, 0) is 67.0 Å². The van der Waals surface area contributed by atoms with E-state index in [1.165, 1.54) is 5.57 Å². The molecule has 1 aromatic carbocycles. The first-order valence-corrected chi connectivity index (χ1v) is 9.22. The van der Waals surface area contributed by atoms with Gasteiger partial charge in [0.05, 0.1) is 17.8 Å². The van der Waals surface area contributed by atoms with Crippen molar-refractivity contribution in [3.8, 4) is 17.1 Å². The Balaban J connectivity index is 1.64. The Kier molecular flexibility index (Phi) is 5.07. The smallest absolute Gasteiger partial charge is 0.137 e. The van der Waals surface area contributed by atoms with Crippen LogP contribution in [0.5, 0.6) is 5.75 Å². The Labute approximate surface area is 163 Å². The van der Waals surface area contributed by atoms with E-state index < -0.39 is 0 Å². The van der Waals surface area contributed by atoms with E-state index in [2.05, 4.69) is 11.1 Å². The number of hydrogen-bond acceptors (Lipinski definition) is 4. The summed E-state index contributed by atoms with van der Waals surface area (Å²) in [6, 6.07) is 13.5. The number of halogens is 1. The van der Waals surface area contributed by atoms with E-state index in [9.17, 15) is 0 Å². The molecule has 136 valence electrons. The Hall–Kier alpha value is -2.85. The lowest BCUT2D eigenvalue weighted by molar-refractivity contribution is 0.415. The lowest BCUT2D eigenvalue weighted by Gasteiger charge is -2.15. The minimum absolute atomic E-state index is 0.560. The van der Waals surface area contributed by atoms with Gasteiger partial charge in [-0.15, -0.1) is 0 Å². The summed E-state index contributed by atoms with van der Waals surface area (Å²) in [5.74, 6) is 2.21. The fourth-order valence-electron chi connectivity index (χ4n) is 3.18. The SMILES string of the molecule is COc1ccc(-c2ccc(C=C3CCCN=C3c3cccnc3)o2)cc1Cl. The predicted molar refractivity (Wildman–Crippen MR) is 109 cm³/mol. The van der Waals surface area contributed by atoms with Crippen molar-refractivity contribution in [1.29, 1.82) is 0 Å². The summed E-state index contributed by atoms with van der Waals surface area (Å²) in [5, 5.41) is 0.560. The zero-order valence-electron chi connectivity index (χ0n) is 15.0. The van der Waals surface area contributed by atoms with Crippen LogP contribution in [0, 0.1) is 0 Å². The number of furan rings is 1. The van der Waals surface area contributed by atoms with E-state index in [-0.39, 0.29) is 0 Å².